The Balaban J connectivity index is 2.05. The minimum atomic E-state index is -0.229. The average molecular weight is 263 g/mol. The van der Waals surface area contributed by atoms with Gasteiger partial charge < -0.3 is 15.5 Å². The van der Waals surface area contributed by atoms with Crippen molar-refractivity contribution >= 4 is 0 Å². The SMILES string of the molecule is Cc1ccc(O)c2c1C(C)CC2NCCCC(C)O. The number of rotatable bonds is 5. The molecule has 19 heavy (non-hydrogen) atoms. The highest BCUT2D eigenvalue weighted by Crippen LogP contribution is 2.45. The van der Waals surface area contributed by atoms with Crippen LogP contribution in [-0.2, 0) is 0 Å². The lowest BCUT2D eigenvalue weighted by molar-refractivity contribution is 0.181. The van der Waals surface area contributed by atoms with Crippen LogP contribution in [0.15, 0.2) is 12.1 Å². The predicted octanol–water partition coefficient (Wildman–Crippen LogP) is 3.00. The molecule has 106 valence electrons. The molecule has 0 bridgehead atoms. The fourth-order valence-electron chi connectivity index (χ4n) is 3.20. The van der Waals surface area contributed by atoms with Crippen molar-refractivity contribution in [2.75, 3.05) is 6.54 Å². The molecule has 1 aromatic rings. The molecule has 0 saturated carbocycles. The van der Waals surface area contributed by atoms with Gasteiger partial charge in [0, 0.05) is 11.6 Å². The van der Waals surface area contributed by atoms with E-state index in [1.807, 2.05) is 13.0 Å². The number of aromatic hydroxyl groups is 1. The molecule has 1 aliphatic carbocycles. The summed E-state index contributed by atoms with van der Waals surface area (Å²) in [5, 5.41) is 22.9. The summed E-state index contributed by atoms with van der Waals surface area (Å²) < 4.78 is 0. The van der Waals surface area contributed by atoms with Crippen molar-refractivity contribution in [3.05, 3.63) is 28.8 Å². The van der Waals surface area contributed by atoms with Crippen LogP contribution in [0.4, 0.5) is 0 Å². The van der Waals surface area contributed by atoms with E-state index < -0.39 is 0 Å². The fraction of sp³-hybridized carbons (Fsp3) is 0.625. The van der Waals surface area contributed by atoms with E-state index in [2.05, 4.69) is 19.2 Å². The number of hydrogen-bond donors (Lipinski definition) is 3. The molecule has 0 saturated heterocycles. The number of aryl methyl sites for hydroxylation is 1. The first-order chi connectivity index (χ1) is 9.00. The molecular formula is C16H25NO2. The van der Waals surface area contributed by atoms with Crippen LogP contribution < -0.4 is 5.32 Å². The first kappa shape index (κ1) is 14.4. The number of fused-ring (bicyclic) bond motifs is 1. The largest absolute Gasteiger partial charge is 0.508 e. The van der Waals surface area contributed by atoms with E-state index in [4.69, 9.17) is 0 Å². The molecule has 3 heteroatoms. The first-order valence-electron chi connectivity index (χ1n) is 7.24. The van der Waals surface area contributed by atoms with E-state index in [1.54, 1.807) is 6.07 Å². The van der Waals surface area contributed by atoms with Gasteiger partial charge >= 0.3 is 0 Å². The number of aliphatic hydroxyl groups is 1. The lowest BCUT2D eigenvalue weighted by Crippen LogP contribution is -2.21. The Labute approximate surface area is 115 Å². The van der Waals surface area contributed by atoms with Gasteiger partial charge in [0.2, 0.25) is 0 Å². The lowest BCUT2D eigenvalue weighted by atomic mass is 9.97. The molecule has 3 atom stereocenters. The van der Waals surface area contributed by atoms with E-state index >= 15 is 0 Å². The molecule has 1 aliphatic rings. The van der Waals surface area contributed by atoms with Gasteiger partial charge in [0.05, 0.1) is 6.10 Å². The van der Waals surface area contributed by atoms with Crippen molar-refractivity contribution < 1.29 is 10.2 Å². The van der Waals surface area contributed by atoms with Crippen LogP contribution in [-0.4, -0.2) is 22.9 Å². The minimum Gasteiger partial charge on any atom is -0.508 e. The third kappa shape index (κ3) is 3.10. The third-order valence-electron chi connectivity index (χ3n) is 4.10. The average Bonchev–Trinajstić information content (AvgIpc) is 2.68. The Bertz CT molecular complexity index is 443. The second kappa shape index (κ2) is 5.93. The summed E-state index contributed by atoms with van der Waals surface area (Å²) in [6, 6.07) is 4.05. The van der Waals surface area contributed by atoms with Crippen molar-refractivity contribution in [2.24, 2.45) is 0 Å². The fourth-order valence-corrected chi connectivity index (χ4v) is 3.20. The molecule has 3 unspecified atom stereocenters. The third-order valence-corrected chi connectivity index (χ3v) is 4.10. The normalized spacial score (nSPS) is 23.4. The summed E-state index contributed by atoms with van der Waals surface area (Å²) in [6.45, 7) is 7.05. The van der Waals surface area contributed by atoms with Crippen LogP contribution in [0.2, 0.25) is 0 Å². The summed E-state index contributed by atoms with van der Waals surface area (Å²) in [7, 11) is 0. The van der Waals surface area contributed by atoms with Crippen molar-refractivity contribution in [1.29, 1.82) is 0 Å². The van der Waals surface area contributed by atoms with E-state index in [-0.39, 0.29) is 12.1 Å². The first-order valence-corrected chi connectivity index (χ1v) is 7.24. The van der Waals surface area contributed by atoms with Gasteiger partial charge in [0.25, 0.3) is 0 Å². The topological polar surface area (TPSA) is 52.5 Å². The number of aliphatic hydroxyl groups excluding tert-OH is 1. The highest BCUT2D eigenvalue weighted by Gasteiger charge is 2.31. The van der Waals surface area contributed by atoms with Crippen LogP contribution >= 0.6 is 0 Å². The summed E-state index contributed by atoms with van der Waals surface area (Å²) >= 11 is 0. The van der Waals surface area contributed by atoms with Crippen LogP contribution in [0.3, 0.4) is 0 Å². The monoisotopic (exact) mass is 263 g/mol. The van der Waals surface area contributed by atoms with Gasteiger partial charge in [-0.3, -0.25) is 0 Å². The van der Waals surface area contributed by atoms with Crippen molar-refractivity contribution in [3.8, 4) is 5.75 Å². The standard InChI is InChI=1S/C16H25NO2/c1-10-6-7-14(19)16-13(9-11(2)15(10)16)17-8-4-5-12(3)18/h6-7,11-13,17-19H,4-5,8-9H2,1-3H3. The maximum absolute atomic E-state index is 10.1. The zero-order valence-corrected chi connectivity index (χ0v) is 12.1. The van der Waals surface area contributed by atoms with Gasteiger partial charge in [0.1, 0.15) is 5.75 Å². The van der Waals surface area contributed by atoms with Crippen molar-refractivity contribution in [2.45, 2.75) is 58.1 Å². The Morgan fingerprint density at radius 1 is 1.37 bits per heavy atom. The predicted molar refractivity (Wildman–Crippen MR) is 77.5 cm³/mol. The Morgan fingerprint density at radius 2 is 2.11 bits per heavy atom. The van der Waals surface area contributed by atoms with Crippen LogP contribution in [0.1, 0.15) is 61.8 Å². The molecule has 0 aromatic heterocycles. The maximum Gasteiger partial charge on any atom is 0.120 e. The van der Waals surface area contributed by atoms with Gasteiger partial charge in [-0.25, -0.2) is 0 Å². The minimum absolute atomic E-state index is 0.229. The van der Waals surface area contributed by atoms with Gasteiger partial charge in [-0.2, -0.15) is 0 Å². The number of nitrogens with one attached hydrogen (secondary N) is 1. The maximum atomic E-state index is 10.1. The summed E-state index contributed by atoms with van der Waals surface area (Å²) in [5.74, 6) is 0.911. The molecular weight excluding hydrogens is 238 g/mol. The van der Waals surface area contributed by atoms with Crippen molar-refractivity contribution in [1.82, 2.24) is 5.32 Å². The van der Waals surface area contributed by atoms with Gasteiger partial charge in [0.15, 0.2) is 0 Å². The zero-order chi connectivity index (χ0) is 14.0. The van der Waals surface area contributed by atoms with E-state index in [0.29, 0.717) is 11.7 Å². The van der Waals surface area contributed by atoms with Gasteiger partial charge in [-0.05, 0) is 62.8 Å². The highest BCUT2D eigenvalue weighted by atomic mass is 16.3. The van der Waals surface area contributed by atoms with Gasteiger partial charge in [-0.1, -0.05) is 13.0 Å². The lowest BCUT2D eigenvalue weighted by Gasteiger charge is -2.16. The smallest absolute Gasteiger partial charge is 0.120 e. The molecule has 0 spiro atoms. The zero-order valence-electron chi connectivity index (χ0n) is 12.1. The van der Waals surface area contributed by atoms with Gasteiger partial charge in [-0.15, -0.1) is 0 Å². The molecule has 0 amide bonds. The second-order valence-electron chi connectivity index (χ2n) is 5.86. The Kier molecular flexibility index (Phi) is 4.48. The van der Waals surface area contributed by atoms with Crippen LogP contribution in [0, 0.1) is 6.92 Å². The number of benzene rings is 1. The molecule has 0 radical (unpaired) electrons. The molecule has 0 aliphatic heterocycles. The number of hydrogen-bond acceptors (Lipinski definition) is 3. The van der Waals surface area contributed by atoms with Crippen LogP contribution in [0.25, 0.3) is 0 Å². The molecule has 1 aromatic carbocycles. The Hall–Kier alpha value is -1.06. The summed E-state index contributed by atoms with van der Waals surface area (Å²) in [5.41, 5.74) is 3.67. The molecule has 3 nitrogen and oxygen atoms in total. The number of phenols is 1. The van der Waals surface area contributed by atoms with E-state index in [1.165, 1.54) is 11.1 Å². The van der Waals surface area contributed by atoms with E-state index in [9.17, 15) is 10.2 Å². The summed E-state index contributed by atoms with van der Waals surface area (Å²) in [4.78, 5) is 0. The van der Waals surface area contributed by atoms with Crippen LogP contribution in [0.5, 0.6) is 5.75 Å². The van der Waals surface area contributed by atoms with Crippen molar-refractivity contribution in [3.63, 3.8) is 0 Å². The Morgan fingerprint density at radius 3 is 2.79 bits per heavy atom. The highest BCUT2D eigenvalue weighted by molar-refractivity contribution is 5.50. The quantitative estimate of drug-likeness (QED) is 0.716. The summed E-state index contributed by atoms with van der Waals surface area (Å²) in [6.07, 6.45) is 2.60. The molecule has 3 N–H and O–H groups in total. The molecule has 0 fully saturated rings. The number of phenolic OH excluding ortho intramolecular Hbond substituents is 1. The second-order valence-corrected chi connectivity index (χ2v) is 5.86. The molecule has 2 rings (SSSR count). The van der Waals surface area contributed by atoms with E-state index in [0.717, 1.165) is 31.4 Å². The molecule has 0 heterocycles.